The van der Waals surface area contributed by atoms with Crippen LogP contribution < -0.4 is 4.74 Å². The predicted octanol–water partition coefficient (Wildman–Crippen LogP) is 5.52. The monoisotopic (exact) mass is 411 g/mol. The van der Waals surface area contributed by atoms with Crippen LogP contribution in [-0.2, 0) is 17.9 Å². The largest absolute Gasteiger partial charge is 0.478 e. The molecule has 1 aliphatic rings. The predicted molar refractivity (Wildman–Crippen MR) is 109 cm³/mol. The highest BCUT2D eigenvalue weighted by Crippen LogP contribution is 2.47. The lowest BCUT2D eigenvalue weighted by Gasteiger charge is -2.26. The summed E-state index contributed by atoms with van der Waals surface area (Å²) in [7, 11) is 0. The lowest BCUT2D eigenvalue weighted by Crippen LogP contribution is -2.41. The number of carbonyl (C=O) groups excluding carboxylic acids is 1. The SMILES string of the molecule is CCC(Oc1ccccc1F)C(=O)N(Cc1ccco1)Cc1ccc(C2CC2C)o1. The minimum atomic E-state index is -0.810. The van der Waals surface area contributed by atoms with Gasteiger partial charge in [0.1, 0.15) is 17.3 Å². The Hall–Kier alpha value is -3.02. The zero-order valence-corrected chi connectivity index (χ0v) is 17.2. The van der Waals surface area contributed by atoms with Crippen LogP contribution in [-0.4, -0.2) is 16.9 Å². The summed E-state index contributed by atoms with van der Waals surface area (Å²) in [6.45, 7) is 4.61. The van der Waals surface area contributed by atoms with Crippen molar-refractivity contribution in [2.45, 2.75) is 51.8 Å². The van der Waals surface area contributed by atoms with E-state index in [1.54, 1.807) is 29.4 Å². The maximum Gasteiger partial charge on any atom is 0.264 e. The van der Waals surface area contributed by atoms with E-state index in [-0.39, 0.29) is 24.7 Å². The molecule has 1 fully saturated rings. The van der Waals surface area contributed by atoms with Crippen molar-refractivity contribution in [2.75, 3.05) is 0 Å². The number of nitrogens with zero attached hydrogens (tertiary/aromatic N) is 1. The third-order valence-electron chi connectivity index (χ3n) is 5.49. The summed E-state index contributed by atoms with van der Waals surface area (Å²) >= 11 is 0. The van der Waals surface area contributed by atoms with Crippen molar-refractivity contribution >= 4 is 5.91 Å². The molecule has 0 bridgehead atoms. The molecule has 2 heterocycles. The molecule has 0 radical (unpaired) electrons. The number of rotatable bonds is 9. The highest BCUT2D eigenvalue weighted by Gasteiger charge is 2.37. The Labute approximate surface area is 175 Å². The second kappa shape index (κ2) is 8.78. The first kappa shape index (κ1) is 20.3. The van der Waals surface area contributed by atoms with E-state index >= 15 is 0 Å². The number of amides is 1. The molecule has 3 atom stereocenters. The molecule has 1 aliphatic carbocycles. The Morgan fingerprint density at radius 1 is 1.17 bits per heavy atom. The number of carbonyl (C=O) groups is 1. The summed E-state index contributed by atoms with van der Waals surface area (Å²) in [6.07, 6.45) is 2.31. The summed E-state index contributed by atoms with van der Waals surface area (Å²) in [4.78, 5) is 15.0. The Morgan fingerprint density at radius 3 is 2.60 bits per heavy atom. The van der Waals surface area contributed by atoms with Crippen LogP contribution in [0.4, 0.5) is 4.39 Å². The fourth-order valence-corrected chi connectivity index (χ4v) is 3.59. The molecule has 6 heteroatoms. The number of halogens is 1. The van der Waals surface area contributed by atoms with E-state index in [4.69, 9.17) is 13.6 Å². The van der Waals surface area contributed by atoms with Gasteiger partial charge in [0, 0.05) is 5.92 Å². The van der Waals surface area contributed by atoms with Crippen LogP contribution in [0, 0.1) is 11.7 Å². The van der Waals surface area contributed by atoms with Gasteiger partial charge in [-0.3, -0.25) is 4.79 Å². The quantitative estimate of drug-likeness (QED) is 0.465. The first-order valence-electron chi connectivity index (χ1n) is 10.4. The number of benzene rings is 1. The molecule has 0 N–H and O–H groups in total. The van der Waals surface area contributed by atoms with Crippen LogP contribution in [0.1, 0.15) is 49.9 Å². The van der Waals surface area contributed by atoms with Gasteiger partial charge in [-0.05, 0) is 55.2 Å². The van der Waals surface area contributed by atoms with Crippen molar-refractivity contribution in [2.24, 2.45) is 5.92 Å². The summed E-state index contributed by atoms with van der Waals surface area (Å²) < 4.78 is 31.2. The van der Waals surface area contributed by atoms with Crippen LogP contribution in [0.15, 0.2) is 63.6 Å². The third-order valence-corrected chi connectivity index (χ3v) is 5.49. The van der Waals surface area contributed by atoms with Gasteiger partial charge in [0.15, 0.2) is 17.7 Å². The van der Waals surface area contributed by atoms with Crippen LogP contribution in [0.5, 0.6) is 5.75 Å². The van der Waals surface area contributed by atoms with E-state index in [1.165, 1.54) is 12.1 Å². The van der Waals surface area contributed by atoms with Gasteiger partial charge in [-0.2, -0.15) is 0 Å². The molecular formula is C24H26FNO4. The maximum atomic E-state index is 14.0. The zero-order chi connectivity index (χ0) is 21.1. The van der Waals surface area contributed by atoms with Crippen molar-refractivity contribution in [3.63, 3.8) is 0 Å². The average Bonchev–Trinajstić information content (AvgIpc) is 3.13. The number of para-hydroxylation sites is 1. The summed E-state index contributed by atoms with van der Waals surface area (Å²) in [6, 6.07) is 13.6. The topological polar surface area (TPSA) is 55.8 Å². The van der Waals surface area contributed by atoms with E-state index in [0.29, 0.717) is 29.8 Å². The summed E-state index contributed by atoms with van der Waals surface area (Å²) in [5, 5.41) is 0. The highest BCUT2D eigenvalue weighted by atomic mass is 19.1. The highest BCUT2D eigenvalue weighted by molar-refractivity contribution is 5.81. The molecule has 3 unspecified atom stereocenters. The van der Waals surface area contributed by atoms with Crippen molar-refractivity contribution < 1.29 is 22.8 Å². The molecule has 1 aromatic carbocycles. The van der Waals surface area contributed by atoms with Gasteiger partial charge in [-0.15, -0.1) is 0 Å². The normalized spacial score (nSPS) is 18.8. The Morgan fingerprint density at radius 2 is 1.93 bits per heavy atom. The van der Waals surface area contributed by atoms with E-state index in [1.807, 2.05) is 25.1 Å². The lowest BCUT2D eigenvalue weighted by molar-refractivity contribution is -0.140. The molecule has 30 heavy (non-hydrogen) atoms. The van der Waals surface area contributed by atoms with Gasteiger partial charge in [0.05, 0.1) is 19.4 Å². The Kier molecular flexibility index (Phi) is 5.93. The molecule has 5 nitrogen and oxygen atoms in total. The van der Waals surface area contributed by atoms with Gasteiger partial charge in [0.25, 0.3) is 5.91 Å². The Bertz CT molecular complexity index is 981. The molecule has 2 aromatic heterocycles. The first-order chi connectivity index (χ1) is 14.5. The number of furan rings is 2. The van der Waals surface area contributed by atoms with Crippen LogP contribution in [0.3, 0.4) is 0 Å². The van der Waals surface area contributed by atoms with Crippen LogP contribution in [0.2, 0.25) is 0 Å². The average molecular weight is 411 g/mol. The van der Waals surface area contributed by atoms with E-state index < -0.39 is 11.9 Å². The molecule has 4 rings (SSSR count). The molecule has 1 saturated carbocycles. The molecular weight excluding hydrogens is 385 g/mol. The third kappa shape index (κ3) is 4.58. The smallest absolute Gasteiger partial charge is 0.264 e. The molecule has 0 aliphatic heterocycles. The van der Waals surface area contributed by atoms with Gasteiger partial charge >= 0.3 is 0 Å². The van der Waals surface area contributed by atoms with Gasteiger partial charge in [-0.1, -0.05) is 26.0 Å². The van der Waals surface area contributed by atoms with E-state index in [0.717, 1.165) is 12.2 Å². The standard InChI is InChI=1S/C24H26FNO4/c1-3-21(30-23-9-5-4-8-20(23)25)24(27)26(14-17-7-6-12-28-17)15-18-10-11-22(29-18)19-13-16(19)2/h4-12,16,19,21H,3,13-15H2,1-2H3. The molecule has 0 saturated heterocycles. The minimum Gasteiger partial charge on any atom is -0.478 e. The number of hydrogen-bond donors (Lipinski definition) is 0. The zero-order valence-electron chi connectivity index (χ0n) is 17.2. The van der Waals surface area contributed by atoms with E-state index in [9.17, 15) is 9.18 Å². The molecule has 158 valence electrons. The first-order valence-corrected chi connectivity index (χ1v) is 10.4. The fourth-order valence-electron chi connectivity index (χ4n) is 3.59. The minimum absolute atomic E-state index is 0.0682. The van der Waals surface area contributed by atoms with Crippen molar-refractivity contribution in [1.29, 1.82) is 0 Å². The van der Waals surface area contributed by atoms with Gasteiger partial charge in [0.2, 0.25) is 0 Å². The summed E-state index contributed by atoms with van der Waals surface area (Å²) in [5.41, 5.74) is 0. The number of hydrogen-bond acceptors (Lipinski definition) is 4. The van der Waals surface area contributed by atoms with Crippen LogP contribution >= 0.6 is 0 Å². The van der Waals surface area contributed by atoms with Crippen molar-refractivity contribution in [1.82, 2.24) is 4.90 Å². The second-order valence-corrected chi connectivity index (χ2v) is 7.84. The lowest BCUT2D eigenvalue weighted by atomic mass is 10.2. The van der Waals surface area contributed by atoms with Gasteiger partial charge < -0.3 is 18.5 Å². The fraction of sp³-hybridized carbons (Fsp3) is 0.375. The van der Waals surface area contributed by atoms with Gasteiger partial charge in [-0.25, -0.2) is 4.39 Å². The van der Waals surface area contributed by atoms with E-state index in [2.05, 4.69) is 6.92 Å². The Balaban J connectivity index is 1.52. The van der Waals surface area contributed by atoms with Crippen molar-refractivity contribution in [3.8, 4) is 5.75 Å². The second-order valence-electron chi connectivity index (χ2n) is 7.84. The maximum absolute atomic E-state index is 14.0. The number of ether oxygens (including phenoxy) is 1. The summed E-state index contributed by atoms with van der Waals surface area (Å²) in [5.74, 6) is 2.79. The molecule has 3 aromatic rings. The van der Waals surface area contributed by atoms with Crippen LogP contribution in [0.25, 0.3) is 0 Å². The van der Waals surface area contributed by atoms with Crippen molar-refractivity contribution in [3.05, 3.63) is 77.9 Å². The molecule has 1 amide bonds. The molecule has 0 spiro atoms.